The van der Waals surface area contributed by atoms with E-state index in [2.05, 4.69) is 5.10 Å². The SMILES string of the molecule is COc1cc(F)c(-c2c(C)nn(C)c2C(O)c2ccc(F)cc2F)c(F)c1. The number of ether oxygens (including phenoxy) is 1. The lowest BCUT2D eigenvalue weighted by Crippen LogP contribution is -2.10. The van der Waals surface area contributed by atoms with Gasteiger partial charge in [0.15, 0.2) is 0 Å². The fraction of sp³-hybridized carbons (Fsp3) is 0.211. The summed E-state index contributed by atoms with van der Waals surface area (Å²) in [6.07, 6.45) is -1.62. The van der Waals surface area contributed by atoms with E-state index in [-0.39, 0.29) is 28.3 Å². The number of aliphatic hydroxyl groups is 1. The van der Waals surface area contributed by atoms with Crippen molar-refractivity contribution in [3.8, 4) is 16.9 Å². The fourth-order valence-electron chi connectivity index (χ4n) is 3.08. The fourth-order valence-corrected chi connectivity index (χ4v) is 3.08. The quantitative estimate of drug-likeness (QED) is 0.695. The van der Waals surface area contributed by atoms with Crippen LogP contribution in [0.4, 0.5) is 17.6 Å². The molecule has 8 heteroatoms. The zero-order valence-corrected chi connectivity index (χ0v) is 14.7. The summed E-state index contributed by atoms with van der Waals surface area (Å²) in [5, 5.41) is 14.8. The Morgan fingerprint density at radius 3 is 2.19 bits per heavy atom. The zero-order chi connectivity index (χ0) is 19.9. The standard InChI is InChI=1S/C19H16F4N2O2/c1-9-16(17-14(22)7-11(27-3)8-15(17)23)18(25(2)24-9)19(26)12-5-4-10(20)6-13(12)21/h4-8,19,26H,1-3H3. The second-order valence-electron chi connectivity index (χ2n) is 6.00. The van der Waals surface area contributed by atoms with Crippen molar-refractivity contribution in [3.63, 3.8) is 0 Å². The predicted molar refractivity (Wildman–Crippen MR) is 90.3 cm³/mol. The molecule has 0 aliphatic heterocycles. The van der Waals surface area contributed by atoms with Crippen LogP contribution in [0.1, 0.15) is 23.1 Å². The van der Waals surface area contributed by atoms with E-state index in [1.54, 1.807) is 0 Å². The van der Waals surface area contributed by atoms with E-state index in [1.807, 2.05) is 0 Å². The number of aryl methyl sites for hydroxylation is 2. The summed E-state index contributed by atoms with van der Waals surface area (Å²) in [5.41, 5.74) is -0.461. The minimum absolute atomic E-state index is 0.00798. The summed E-state index contributed by atoms with van der Waals surface area (Å²) in [5.74, 6) is -3.64. The number of hydrogen-bond acceptors (Lipinski definition) is 3. The maximum absolute atomic E-state index is 14.6. The Balaban J connectivity index is 2.23. The minimum atomic E-state index is -1.62. The van der Waals surface area contributed by atoms with Gasteiger partial charge in [-0.25, -0.2) is 17.6 Å². The van der Waals surface area contributed by atoms with Gasteiger partial charge in [0.2, 0.25) is 0 Å². The van der Waals surface area contributed by atoms with Crippen LogP contribution >= 0.6 is 0 Å². The Hall–Kier alpha value is -2.87. The number of aliphatic hydroxyl groups excluding tert-OH is 1. The van der Waals surface area contributed by atoms with E-state index >= 15 is 0 Å². The Kier molecular flexibility index (Phi) is 4.93. The third-order valence-electron chi connectivity index (χ3n) is 4.28. The van der Waals surface area contributed by atoms with E-state index in [9.17, 15) is 22.7 Å². The molecule has 2 aromatic carbocycles. The van der Waals surface area contributed by atoms with Gasteiger partial charge in [-0.2, -0.15) is 5.10 Å². The molecule has 0 saturated heterocycles. The van der Waals surface area contributed by atoms with Crippen molar-refractivity contribution in [1.29, 1.82) is 0 Å². The largest absolute Gasteiger partial charge is 0.497 e. The molecule has 3 aromatic rings. The molecule has 142 valence electrons. The highest BCUT2D eigenvalue weighted by Crippen LogP contribution is 2.38. The van der Waals surface area contributed by atoms with Crippen LogP contribution in [0.25, 0.3) is 11.1 Å². The highest BCUT2D eigenvalue weighted by atomic mass is 19.1. The molecule has 1 atom stereocenters. The van der Waals surface area contributed by atoms with Crippen molar-refractivity contribution >= 4 is 0 Å². The first kappa shape index (κ1) is 18.9. The molecule has 3 rings (SSSR count). The summed E-state index contributed by atoms with van der Waals surface area (Å²) in [6, 6.07) is 4.68. The number of aromatic nitrogens is 2. The normalized spacial score (nSPS) is 12.3. The first-order valence-corrected chi connectivity index (χ1v) is 7.94. The van der Waals surface area contributed by atoms with Gasteiger partial charge >= 0.3 is 0 Å². The van der Waals surface area contributed by atoms with Crippen LogP contribution in [0.15, 0.2) is 30.3 Å². The van der Waals surface area contributed by atoms with Crippen molar-refractivity contribution in [2.45, 2.75) is 13.0 Å². The van der Waals surface area contributed by atoms with E-state index in [0.29, 0.717) is 6.07 Å². The van der Waals surface area contributed by atoms with E-state index in [4.69, 9.17) is 4.74 Å². The van der Waals surface area contributed by atoms with E-state index in [1.165, 1.54) is 25.8 Å². The van der Waals surface area contributed by atoms with Gasteiger partial charge in [0, 0.05) is 36.4 Å². The smallest absolute Gasteiger partial charge is 0.137 e. The molecule has 0 saturated carbocycles. The van der Waals surface area contributed by atoms with Crippen LogP contribution in [0.2, 0.25) is 0 Å². The van der Waals surface area contributed by atoms with Gasteiger partial charge in [0.25, 0.3) is 0 Å². The van der Waals surface area contributed by atoms with Crippen molar-refractivity contribution < 1.29 is 27.4 Å². The lowest BCUT2D eigenvalue weighted by atomic mass is 9.96. The number of halogens is 4. The first-order valence-electron chi connectivity index (χ1n) is 7.94. The Morgan fingerprint density at radius 2 is 1.63 bits per heavy atom. The molecule has 27 heavy (non-hydrogen) atoms. The maximum atomic E-state index is 14.6. The van der Waals surface area contributed by atoms with E-state index in [0.717, 1.165) is 24.3 Å². The maximum Gasteiger partial charge on any atom is 0.137 e. The molecule has 0 amide bonds. The van der Waals surface area contributed by atoms with Gasteiger partial charge in [-0.3, -0.25) is 4.68 Å². The van der Waals surface area contributed by atoms with Crippen LogP contribution in [-0.4, -0.2) is 22.0 Å². The molecule has 1 aromatic heterocycles. The molecule has 4 nitrogen and oxygen atoms in total. The van der Waals surface area contributed by atoms with Crippen LogP contribution in [0.5, 0.6) is 5.75 Å². The first-order chi connectivity index (χ1) is 12.7. The third-order valence-corrected chi connectivity index (χ3v) is 4.28. The van der Waals surface area contributed by atoms with Crippen molar-refractivity contribution in [1.82, 2.24) is 9.78 Å². The Bertz CT molecular complexity index is 994. The predicted octanol–water partition coefficient (Wildman–Crippen LogP) is 4.04. The molecule has 1 unspecified atom stereocenters. The molecular formula is C19H16F4N2O2. The second kappa shape index (κ2) is 7.03. The molecule has 1 heterocycles. The minimum Gasteiger partial charge on any atom is -0.497 e. The van der Waals surface area contributed by atoms with Crippen LogP contribution in [0.3, 0.4) is 0 Å². The number of nitrogens with zero attached hydrogens (tertiary/aromatic N) is 2. The monoisotopic (exact) mass is 380 g/mol. The van der Waals surface area contributed by atoms with Crippen LogP contribution in [-0.2, 0) is 7.05 Å². The summed E-state index contributed by atoms with van der Waals surface area (Å²) in [7, 11) is 2.73. The van der Waals surface area contributed by atoms with Crippen LogP contribution < -0.4 is 4.74 Å². The Morgan fingerprint density at radius 1 is 1.00 bits per heavy atom. The molecule has 0 spiro atoms. The average Bonchev–Trinajstić information content (AvgIpc) is 2.87. The van der Waals surface area contributed by atoms with Gasteiger partial charge < -0.3 is 9.84 Å². The van der Waals surface area contributed by atoms with E-state index < -0.39 is 34.9 Å². The molecule has 0 bridgehead atoms. The van der Waals surface area contributed by atoms with Gasteiger partial charge in [0.05, 0.1) is 24.1 Å². The second-order valence-corrected chi connectivity index (χ2v) is 6.00. The number of benzene rings is 2. The van der Waals surface area contributed by atoms with Gasteiger partial charge in [-0.05, 0) is 13.0 Å². The van der Waals surface area contributed by atoms with Crippen LogP contribution in [0, 0.1) is 30.2 Å². The highest BCUT2D eigenvalue weighted by Gasteiger charge is 2.28. The lowest BCUT2D eigenvalue weighted by Gasteiger charge is -2.16. The van der Waals surface area contributed by atoms with Crippen molar-refractivity contribution in [2.24, 2.45) is 7.05 Å². The average molecular weight is 380 g/mol. The molecule has 0 aliphatic rings. The topological polar surface area (TPSA) is 47.3 Å². The van der Waals surface area contributed by atoms with Gasteiger partial charge in [-0.1, -0.05) is 6.07 Å². The molecular weight excluding hydrogens is 364 g/mol. The summed E-state index contributed by atoms with van der Waals surface area (Å²) in [4.78, 5) is 0. The Labute approximate surface area is 152 Å². The zero-order valence-electron chi connectivity index (χ0n) is 14.7. The number of hydrogen-bond donors (Lipinski definition) is 1. The number of methoxy groups -OCH3 is 1. The summed E-state index contributed by atoms with van der Waals surface area (Å²) < 4.78 is 62.5. The highest BCUT2D eigenvalue weighted by molar-refractivity contribution is 5.71. The molecule has 0 fully saturated rings. The third kappa shape index (κ3) is 3.28. The lowest BCUT2D eigenvalue weighted by molar-refractivity contribution is 0.205. The van der Waals surface area contributed by atoms with Gasteiger partial charge in [-0.15, -0.1) is 0 Å². The summed E-state index contributed by atoms with van der Waals surface area (Å²) >= 11 is 0. The number of rotatable bonds is 4. The molecule has 1 N–H and O–H groups in total. The van der Waals surface area contributed by atoms with Crippen molar-refractivity contribution in [3.05, 3.63) is 70.6 Å². The molecule has 0 aliphatic carbocycles. The molecule has 0 radical (unpaired) electrons. The van der Waals surface area contributed by atoms with Gasteiger partial charge in [0.1, 0.15) is 35.1 Å². The van der Waals surface area contributed by atoms with Crippen molar-refractivity contribution in [2.75, 3.05) is 7.11 Å². The summed E-state index contributed by atoms with van der Waals surface area (Å²) in [6.45, 7) is 1.51.